The molecule has 108 valence electrons. The number of anilines is 3. The average Bonchev–Trinajstić information content (AvgIpc) is 2.58. The van der Waals surface area contributed by atoms with E-state index >= 15 is 0 Å². The van der Waals surface area contributed by atoms with Crippen LogP contribution in [0.2, 0.25) is 0 Å². The maximum atomic E-state index is 12.7. The van der Waals surface area contributed by atoms with Gasteiger partial charge >= 0.3 is 6.03 Å². The molecule has 0 aliphatic carbocycles. The summed E-state index contributed by atoms with van der Waals surface area (Å²) in [6.07, 6.45) is 0. The van der Waals surface area contributed by atoms with E-state index in [1.165, 1.54) is 0 Å². The third kappa shape index (κ3) is 3.15. The maximum absolute atomic E-state index is 12.7. The van der Waals surface area contributed by atoms with Gasteiger partial charge in [0, 0.05) is 5.69 Å². The summed E-state index contributed by atoms with van der Waals surface area (Å²) in [6, 6.07) is 28.4. The van der Waals surface area contributed by atoms with Gasteiger partial charge < -0.3 is 5.32 Å². The highest BCUT2D eigenvalue weighted by molar-refractivity contribution is 6.07. The molecule has 0 saturated heterocycles. The zero-order valence-corrected chi connectivity index (χ0v) is 12.0. The summed E-state index contributed by atoms with van der Waals surface area (Å²) in [4.78, 5) is 14.4. The largest absolute Gasteiger partial charge is 0.330 e. The van der Waals surface area contributed by atoms with Crippen molar-refractivity contribution >= 4 is 23.1 Å². The summed E-state index contributed by atoms with van der Waals surface area (Å²) in [5.74, 6) is 0. The lowest BCUT2D eigenvalue weighted by Crippen LogP contribution is -2.30. The average molecular weight is 288 g/mol. The van der Waals surface area contributed by atoms with Gasteiger partial charge in [0.25, 0.3) is 0 Å². The van der Waals surface area contributed by atoms with Crippen LogP contribution in [-0.2, 0) is 0 Å². The van der Waals surface area contributed by atoms with Crippen LogP contribution in [0, 0.1) is 0 Å². The molecule has 1 N–H and O–H groups in total. The Morgan fingerprint density at radius 1 is 0.636 bits per heavy atom. The van der Waals surface area contributed by atoms with Crippen molar-refractivity contribution in [2.45, 2.75) is 0 Å². The fraction of sp³-hybridized carbons (Fsp3) is 0. The van der Waals surface area contributed by atoms with Crippen molar-refractivity contribution in [1.29, 1.82) is 0 Å². The first-order chi connectivity index (χ1) is 10.8. The van der Waals surface area contributed by atoms with Gasteiger partial charge in [0.1, 0.15) is 0 Å². The maximum Gasteiger partial charge on any atom is 0.330 e. The number of carbonyl (C=O) groups is 1. The Kier molecular flexibility index (Phi) is 4.16. The minimum atomic E-state index is -0.191. The number of rotatable bonds is 3. The molecule has 0 fully saturated rings. The molecule has 0 atom stereocenters. The van der Waals surface area contributed by atoms with Gasteiger partial charge in [0.15, 0.2) is 0 Å². The Labute approximate surface area is 129 Å². The van der Waals surface area contributed by atoms with Crippen LogP contribution in [0.15, 0.2) is 91.0 Å². The molecule has 3 rings (SSSR count). The molecule has 0 aliphatic heterocycles. The third-order valence-electron chi connectivity index (χ3n) is 3.26. The van der Waals surface area contributed by atoms with Crippen molar-refractivity contribution in [2.24, 2.45) is 0 Å². The highest BCUT2D eigenvalue weighted by Crippen LogP contribution is 2.25. The lowest BCUT2D eigenvalue weighted by Gasteiger charge is -2.23. The van der Waals surface area contributed by atoms with Crippen LogP contribution >= 0.6 is 0 Å². The normalized spacial score (nSPS) is 10.0. The number of urea groups is 1. The van der Waals surface area contributed by atoms with Crippen LogP contribution in [-0.4, -0.2) is 6.03 Å². The van der Waals surface area contributed by atoms with E-state index < -0.39 is 0 Å². The lowest BCUT2D eigenvalue weighted by atomic mass is 10.2. The SMILES string of the molecule is O=C(Nc1ccccc1)N(c1ccccc1)c1ccccc1. The number of carbonyl (C=O) groups excluding carboxylic acids is 1. The molecule has 0 heterocycles. The predicted molar refractivity (Wildman–Crippen MR) is 90.5 cm³/mol. The number of para-hydroxylation sites is 3. The van der Waals surface area contributed by atoms with Crippen LogP contribution in [0.1, 0.15) is 0 Å². The molecule has 0 bridgehead atoms. The molecule has 0 saturated carbocycles. The smallest absolute Gasteiger partial charge is 0.307 e. The Morgan fingerprint density at radius 2 is 1.05 bits per heavy atom. The molecule has 0 spiro atoms. The molecule has 3 aromatic carbocycles. The van der Waals surface area contributed by atoms with Crippen molar-refractivity contribution in [3.05, 3.63) is 91.0 Å². The van der Waals surface area contributed by atoms with E-state index in [2.05, 4.69) is 5.32 Å². The molecule has 3 nitrogen and oxygen atoms in total. The first kappa shape index (κ1) is 13.9. The summed E-state index contributed by atoms with van der Waals surface area (Å²) in [5, 5.41) is 2.93. The lowest BCUT2D eigenvalue weighted by molar-refractivity contribution is 0.259. The number of hydrogen-bond acceptors (Lipinski definition) is 1. The zero-order chi connectivity index (χ0) is 15.2. The van der Waals surface area contributed by atoms with E-state index in [1.54, 1.807) is 4.90 Å². The first-order valence-corrected chi connectivity index (χ1v) is 7.11. The standard InChI is InChI=1S/C19H16N2O/c22-19(20-16-10-4-1-5-11-16)21(17-12-6-2-7-13-17)18-14-8-3-9-15-18/h1-15H,(H,20,22). The van der Waals surface area contributed by atoms with Gasteiger partial charge in [-0.1, -0.05) is 54.6 Å². The second-order valence-corrected chi connectivity index (χ2v) is 4.80. The Hall–Kier alpha value is -3.07. The van der Waals surface area contributed by atoms with Gasteiger partial charge in [0.05, 0.1) is 11.4 Å². The summed E-state index contributed by atoms with van der Waals surface area (Å²) >= 11 is 0. The monoisotopic (exact) mass is 288 g/mol. The Bertz CT molecular complexity index is 688. The first-order valence-electron chi connectivity index (χ1n) is 7.11. The summed E-state index contributed by atoms with van der Waals surface area (Å²) in [7, 11) is 0. The van der Waals surface area contributed by atoms with Crippen LogP contribution in [0.3, 0.4) is 0 Å². The summed E-state index contributed by atoms with van der Waals surface area (Å²) < 4.78 is 0. The Balaban J connectivity index is 1.94. The van der Waals surface area contributed by atoms with Crippen LogP contribution < -0.4 is 10.2 Å². The van der Waals surface area contributed by atoms with E-state index in [0.29, 0.717) is 0 Å². The van der Waals surface area contributed by atoms with Gasteiger partial charge in [-0.15, -0.1) is 0 Å². The van der Waals surface area contributed by atoms with Crippen LogP contribution in [0.4, 0.5) is 21.9 Å². The van der Waals surface area contributed by atoms with E-state index in [0.717, 1.165) is 17.1 Å². The molecule has 22 heavy (non-hydrogen) atoms. The topological polar surface area (TPSA) is 32.3 Å². The zero-order valence-electron chi connectivity index (χ0n) is 12.0. The van der Waals surface area contributed by atoms with E-state index in [-0.39, 0.29) is 6.03 Å². The van der Waals surface area contributed by atoms with Crippen LogP contribution in [0.5, 0.6) is 0 Å². The molecule has 0 aliphatic rings. The minimum absolute atomic E-state index is 0.191. The second-order valence-electron chi connectivity index (χ2n) is 4.80. The highest BCUT2D eigenvalue weighted by Gasteiger charge is 2.17. The van der Waals surface area contributed by atoms with Crippen LogP contribution in [0.25, 0.3) is 0 Å². The molecule has 0 unspecified atom stereocenters. The van der Waals surface area contributed by atoms with Crippen molar-refractivity contribution in [2.75, 3.05) is 10.2 Å². The van der Waals surface area contributed by atoms with Gasteiger partial charge in [0.2, 0.25) is 0 Å². The number of hydrogen-bond donors (Lipinski definition) is 1. The second kappa shape index (κ2) is 6.59. The fourth-order valence-electron chi connectivity index (χ4n) is 2.24. The Morgan fingerprint density at radius 3 is 1.50 bits per heavy atom. The van der Waals surface area contributed by atoms with Crippen molar-refractivity contribution in [1.82, 2.24) is 0 Å². The van der Waals surface area contributed by atoms with E-state index in [9.17, 15) is 4.79 Å². The molecular formula is C19H16N2O. The fourth-order valence-corrected chi connectivity index (χ4v) is 2.24. The van der Waals surface area contributed by atoms with Gasteiger partial charge in [-0.2, -0.15) is 0 Å². The summed E-state index contributed by atoms with van der Waals surface area (Å²) in [6.45, 7) is 0. The van der Waals surface area contributed by atoms with Gasteiger partial charge in [-0.05, 0) is 36.4 Å². The van der Waals surface area contributed by atoms with Crippen molar-refractivity contribution in [3.63, 3.8) is 0 Å². The minimum Gasteiger partial charge on any atom is -0.307 e. The molecule has 2 amide bonds. The molecule has 3 aromatic rings. The number of amides is 2. The van der Waals surface area contributed by atoms with Gasteiger partial charge in [-0.25, -0.2) is 4.79 Å². The third-order valence-corrected chi connectivity index (χ3v) is 3.26. The number of nitrogens with zero attached hydrogens (tertiary/aromatic N) is 1. The molecule has 0 radical (unpaired) electrons. The number of benzene rings is 3. The number of nitrogens with one attached hydrogen (secondary N) is 1. The van der Waals surface area contributed by atoms with E-state index in [4.69, 9.17) is 0 Å². The quantitative estimate of drug-likeness (QED) is 0.718. The molecule has 3 heteroatoms. The summed E-state index contributed by atoms with van der Waals surface area (Å²) in [5.41, 5.74) is 2.41. The highest BCUT2D eigenvalue weighted by atomic mass is 16.2. The molecule has 0 aromatic heterocycles. The molecular weight excluding hydrogens is 272 g/mol. The van der Waals surface area contributed by atoms with Crippen molar-refractivity contribution < 1.29 is 4.79 Å². The van der Waals surface area contributed by atoms with Crippen molar-refractivity contribution in [3.8, 4) is 0 Å². The van der Waals surface area contributed by atoms with E-state index in [1.807, 2.05) is 91.0 Å². The predicted octanol–water partition coefficient (Wildman–Crippen LogP) is 5.06. The van der Waals surface area contributed by atoms with Gasteiger partial charge in [-0.3, -0.25) is 4.90 Å².